The van der Waals surface area contributed by atoms with E-state index in [1.54, 1.807) is 13.2 Å². The van der Waals surface area contributed by atoms with Gasteiger partial charge in [0, 0.05) is 23.9 Å². The number of hydrogen-bond donors (Lipinski definition) is 2. The highest BCUT2D eigenvalue weighted by Gasteiger charge is 2.23. The van der Waals surface area contributed by atoms with Crippen molar-refractivity contribution in [3.63, 3.8) is 0 Å². The lowest BCUT2D eigenvalue weighted by Crippen LogP contribution is -2.31. The van der Waals surface area contributed by atoms with Gasteiger partial charge in [-0.1, -0.05) is 72.3 Å². The third-order valence-electron chi connectivity index (χ3n) is 5.47. The van der Waals surface area contributed by atoms with E-state index in [4.69, 9.17) is 16.3 Å². The van der Waals surface area contributed by atoms with Crippen LogP contribution in [-0.2, 0) is 0 Å². The number of rotatable bonds is 8. The summed E-state index contributed by atoms with van der Waals surface area (Å²) in [6, 6.07) is 24.8. The third-order valence-corrected chi connectivity index (χ3v) is 5.87. The van der Waals surface area contributed by atoms with Gasteiger partial charge in [0.15, 0.2) is 0 Å². The van der Waals surface area contributed by atoms with Crippen LogP contribution in [0.5, 0.6) is 5.75 Å². The van der Waals surface area contributed by atoms with Crippen molar-refractivity contribution < 1.29 is 4.74 Å². The first-order valence-corrected chi connectivity index (χ1v) is 10.7. The van der Waals surface area contributed by atoms with E-state index in [9.17, 15) is 9.59 Å². The zero-order valence-corrected chi connectivity index (χ0v) is 18.5. The van der Waals surface area contributed by atoms with Crippen molar-refractivity contribution in [3.05, 3.63) is 121 Å². The molecule has 0 saturated carbocycles. The second-order valence-electron chi connectivity index (χ2n) is 7.60. The Morgan fingerprint density at radius 3 is 2.06 bits per heavy atom. The first-order chi connectivity index (χ1) is 15.5. The van der Waals surface area contributed by atoms with Gasteiger partial charge in [0.25, 0.3) is 0 Å². The normalized spacial score (nSPS) is 13.0. The van der Waals surface area contributed by atoms with E-state index in [2.05, 4.69) is 29.7 Å². The topological polar surface area (TPSA) is 67.4 Å². The summed E-state index contributed by atoms with van der Waals surface area (Å²) < 4.78 is 5.51. The van der Waals surface area contributed by atoms with Gasteiger partial charge in [-0.3, -0.25) is 14.9 Å². The van der Waals surface area contributed by atoms with Gasteiger partial charge in [0.1, 0.15) is 5.75 Å². The molecule has 5 nitrogen and oxygen atoms in total. The van der Waals surface area contributed by atoms with Crippen molar-refractivity contribution in [2.24, 2.45) is 0 Å². The second kappa shape index (κ2) is 9.39. The molecule has 0 aliphatic carbocycles. The number of nitrogens with one attached hydrogen (secondary N) is 2. The maximum absolute atomic E-state index is 11.8. The number of methoxy groups -OCH3 is 1. The van der Waals surface area contributed by atoms with Crippen LogP contribution < -0.4 is 26.2 Å². The smallest absolute Gasteiger partial charge is 0.249 e. The molecule has 0 aromatic heterocycles. The maximum atomic E-state index is 11.8. The second-order valence-corrected chi connectivity index (χ2v) is 7.98. The molecule has 6 heteroatoms. The lowest BCUT2D eigenvalue weighted by atomic mass is 9.95. The SMILES string of the molecule is COc1cc(Nc2cc(=O)c2=O)cc(C(N[C@@H](C)c2ccccc2)c2ccccc2)c1Cl. The molecule has 0 amide bonds. The highest BCUT2D eigenvalue weighted by molar-refractivity contribution is 6.33. The van der Waals surface area contributed by atoms with Gasteiger partial charge < -0.3 is 10.1 Å². The first-order valence-electron chi connectivity index (χ1n) is 10.3. The minimum Gasteiger partial charge on any atom is -0.495 e. The number of anilines is 2. The van der Waals surface area contributed by atoms with Crippen LogP contribution in [0.25, 0.3) is 0 Å². The molecule has 0 aliphatic rings. The Morgan fingerprint density at radius 2 is 1.50 bits per heavy atom. The molecular weight excluding hydrogens is 424 g/mol. The van der Waals surface area contributed by atoms with Crippen molar-refractivity contribution in [2.45, 2.75) is 19.0 Å². The van der Waals surface area contributed by atoms with Crippen LogP contribution in [0, 0.1) is 0 Å². The fraction of sp³-hybridized carbons (Fsp3) is 0.154. The zero-order chi connectivity index (χ0) is 22.7. The van der Waals surface area contributed by atoms with Crippen molar-refractivity contribution >= 4 is 23.0 Å². The lowest BCUT2D eigenvalue weighted by molar-refractivity contribution is 0.413. The zero-order valence-electron chi connectivity index (χ0n) is 17.8. The molecule has 32 heavy (non-hydrogen) atoms. The fourth-order valence-corrected chi connectivity index (χ4v) is 4.01. The summed E-state index contributed by atoms with van der Waals surface area (Å²) in [6.45, 7) is 2.10. The van der Waals surface area contributed by atoms with Crippen LogP contribution in [0.1, 0.15) is 35.7 Å². The van der Waals surface area contributed by atoms with Crippen LogP contribution in [-0.4, -0.2) is 7.11 Å². The van der Waals surface area contributed by atoms with Gasteiger partial charge >= 0.3 is 0 Å². The largest absolute Gasteiger partial charge is 0.495 e. The maximum Gasteiger partial charge on any atom is 0.249 e. The minimum absolute atomic E-state index is 0.0358. The van der Waals surface area contributed by atoms with Gasteiger partial charge in [-0.2, -0.15) is 0 Å². The molecule has 0 aliphatic heterocycles. The fourth-order valence-electron chi connectivity index (χ4n) is 3.71. The predicted molar refractivity (Wildman–Crippen MR) is 129 cm³/mol. The van der Waals surface area contributed by atoms with E-state index < -0.39 is 10.9 Å². The number of ether oxygens (including phenoxy) is 1. The van der Waals surface area contributed by atoms with E-state index in [0.29, 0.717) is 16.5 Å². The van der Waals surface area contributed by atoms with E-state index in [1.165, 1.54) is 6.07 Å². The van der Waals surface area contributed by atoms with Gasteiger partial charge in [-0.25, -0.2) is 0 Å². The first kappa shape index (κ1) is 21.8. The Morgan fingerprint density at radius 1 is 0.875 bits per heavy atom. The summed E-state index contributed by atoms with van der Waals surface area (Å²) in [5.41, 5.74) is 2.81. The Labute approximate surface area is 191 Å². The van der Waals surface area contributed by atoms with Crippen LogP contribution in [0.4, 0.5) is 11.4 Å². The van der Waals surface area contributed by atoms with Crippen LogP contribution in [0.3, 0.4) is 0 Å². The molecule has 0 saturated heterocycles. The quantitative estimate of drug-likeness (QED) is 0.367. The lowest BCUT2D eigenvalue weighted by Gasteiger charge is -2.27. The van der Waals surface area contributed by atoms with Crippen molar-refractivity contribution in [1.29, 1.82) is 0 Å². The Kier molecular flexibility index (Phi) is 6.40. The van der Waals surface area contributed by atoms with E-state index in [0.717, 1.165) is 16.7 Å². The molecule has 2 N–H and O–H groups in total. The summed E-state index contributed by atoms with van der Waals surface area (Å²) in [7, 11) is 1.55. The number of halogens is 1. The standard InChI is InChI=1S/C26H23ClN2O3/c1-16(17-9-5-3-6-10-17)28-25(18-11-7-4-8-12-18)20-13-19(14-23(32-2)24(20)27)29-21-15-22(30)26(21)31/h3-16,25,28-29H,1-2H3/t16-,25?/m0/s1. The predicted octanol–water partition coefficient (Wildman–Crippen LogP) is 5.13. The molecule has 1 unspecified atom stereocenters. The molecule has 4 rings (SSSR count). The molecule has 4 aromatic rings. The van der Waals surface area contributed by atoms with Gasteiger partial charge in [0.2, 0.25) is 10.9 Å². The average molecular weight is 447 g/mol. The van der Waals surface area contributed by atoms with Crippen molar-refractivity contribution in [2.75, 3.05) is 12.4 Å². The molecule has 0 heterocycles. The number of hydrogen-bond acceptors (Lipinski definition) is 5. The Hall–Kier alpha value is -3.41. The molecular formula is C26H23ClN2O3. The van der Waals surface area contributed by atoms with Gasteiger partial charge in [-0.05, 0) is 29.7 Å². The van der Waals surface area contributed by atoms with Gasteiger partial charge in [-0.15, -0.1) is 0 Å². The molecule has 162 valence electrons. The molecule has 0 fully saturated rings. The average Bonchev–Trinajstić information content (AvgIpc) is 2.84. The van der Waals surface area contributed by atoms with Crippen LogP contribution in [0.2, 0.25) is 5.02 Å². The van der Waals surface area contributed by atoms with Gasteiger partial charge in [0.05, 0.1) is 23.9 Å². The number of benzene rings is 3. The monoisotopic (exact) mass is 446 g/mol. The Bertz CT molecular complexity index is 1280. The summed E-state index contributed by atoms with van der Waals surface area (Å²) >= 11 is 6.76. The summed E-state index contributed by atoms with van der Waals surface area (Å²) in [6.07, 6.45) is 0. The molecule has 2 atom stereocenters. The van der Waals surface area contributed by atoms with Crippen molar-refractivity contribution in [1.82, 2.24) is 5.32 Å². The van der Waals surface area contributed by atoms with Crippen LogP contribution >= 0.6 is 11.6 Å². The van der Waals surface area contributed by atoms with Crippen LogP contribution in [0.15, 0.2) is 88.5 Å². The summed E-state index contributed by atoms with van der Waals surface area (Å²) in [4.78, 5) is 23.1. The molecule has 0 bridgehead atoms. The molecule has 0 spiro atoms. The molecule has 0 radical (unpaired) electrons. The summed E-state index contributed by atoms with van der Waals surface area (Å²) in [5.74, 6) is 0.473. The third kappa shape index (κ3) is 4.44. The van der Waals surface area contributed by atoms with Crippen molar-refractivity contribution in [3.8, 4) is 5.75 Å². The van der Waals surface area contributed by atoms with E-state index in [-0.39, 0.29) is 17.8 Å². The highest BCUT2D eigenvalue weighted by Crippen LogP contribution is 2.39. The Balaban J connectivity index is 1.77. The highest BCUT2D eigenvalue weighted by atomic mass is 35.5. The summed E-state index contributed by atoms with van der Waals surface area (Å²) in [5, 5.41) is 7.17. The minimum atomic E-state index is -0.532. The molecule has 4 aromatic carbocycles. The van der Waals surface area contributed by atoms with E-state index >= 15 is 0 Å². The van der Waals surface area contributed by atoms with E-state index in [1.807, 2.05) is 54.6 Å².